The first-order valence-electron chi connectivity index (χ1n) is 3.39. The molecule has 0 aromatic carbocycles. The number of carbonyl (C=O) groups is 1. The van der Waals surface area contributed by atoms with Crippen LogP contribution in [-0.2, 0) is 4.79 Å². The molecule has 0 aromatic heterocycles. The van der Waals surface area contributed by atoms with Crippen LogP contribution in [0.1, 0.15) is 6.92 Å². The Morgan fingerprint density at radius 2 is 2.00 bits per heavy atom. The molecule has 1 aliphatic carbocycles. The molecule has 2 unspecified atom stereocenters. The number of carbonyl (C=O) groups excluding carboxylic acids is 1. The van der Waals surface area contributed by atoms with Crippen molar-refractivity contribution in [3.05, 3.63) is 0 Å². The van der Waals surface area contributed by atoms with Crippen LogP contribution in [0.3, 0.4) is 0 Å². The summed E-state index contributed by atoms with van der Waals surface area (Å²) < 4.78 is 0. The third kappa shape index (κ3) is 0.725. The van der Waals surface area contributed by atoms with Crippen LogP contribution < -0.4 is 0 Å². The second-order valence-electron chi connectivity index (χ2n) is 3.00. The van der Waals surface area contributed by atoms with Gasteiger partial charge in [-0.3, -0.25) is 4.79 Å². The van der Waals surface area contributed by atoms with E-state index in [1.807, 2.05) is 11.8 Å². The quantitative estimate of drug-likeness (QED) is 0.547. The van der Waals surface area contributed by atoms with Crippen LogP contribution in [0.4, 0.5) is 0 Å². The Morgan fingerprint density at radius 3 is 2.33 bits per heavy atom. The first-order valence-corrected chi connectivity index (χ1v) is 4.54. The molecule has 1 aliphatic heterocycles. The molecule has 2 fully saturated rings. The highest BCUT2D eigenvalue weighted by atomic mass is 32.2. The Balaban J connectivity index is 2.02. The van der Waals surface area contributed by atoms with E-state index in [1.54, 1.807) is 6.92 Å². The lowest BCUT2D eigenvalue weighted by Crippen LogP contribution is -2.00. The minimum Gasteiger partial charge on any atom is -0.300 e. The van der Waals surface area contributed by atoms with E-state index in [0.29, 0.717) is 11.7 Å². The molecule has 0 aromatic rings. The Kier molecular flexibility index (Phi) is 1.12. The summed E-state index contributed by atoms with van der Waals surface area (Å²) in [4.78, 5) is 10.8. The summed E-state index contributed by atoms with van der Waals surface area (Å²) in [5.74, 6) is 4.96. The molecule has 2 rings (SSSR count). The fourth-order valence-corrected chi connectivity index (χ4v) is 3.43. The summed E-state index contributed by atoms with van der Waals surface area (Å²) in [5, 5.41) is 0. The van der Waals surface area contributed by atoms with E-state index in [9.17, 15) is 4.79 Å². The van der Waals surface area contributed by atoms with Gasteiger partial charge in [-0.25, -0.2) is 0 Å². The van der Waals surface area contributed by atoms with Crippen molar-refractivity contribution in [3.63, 3.8) is 0 Å². The Bertz CT molecular complexity index is 145. The molecule has 2 aliphatic rings. The number of fused-ring (bicyclic) bond motifs is 1. The fraction of sp³-hybridized carbons (Fsp3) is 0.857. The number of hydrogen-bond donors (Lipinski definition) is 0. The van der Waals surface area contributed by atoms with Gasteiger partial charge in [0.15, 0.2) is 0 Å². The van der Waals surface area contributed by atoms with E-state index in [1.165, 1.54) is 11.5 Å². The number of rotatable bonds is 1. The number of thioether (sulfide) groups is 1. The summed E-state index contributed by atoms with van der Waals surface area (Å²) in [5.41, 5.74) is 0. The molecule has 0 spiro atoms. The molecule has 0 N–H and O–H groups in total. The minimum absolute atomic E-state index is 0.422. The van der Waals surface area contributed by atoms with Crippen molar-refractivity contribution < 1.29 is 4.79 Å². The SMILES string of the molecule is CC(=O)C1C2CSCC21. The van der Waals surface area contributed by atoms with Gasteiger partial charge in [0.25, 0.3) is 0 Å². The Morgan fingerprint density at radius 1 is 1.44 bits per heavy atom. The van der Waals surface area contributed by atoms with Crippen LogP contribution in [0.15, 0.2) is 0 Å². The van der Waals surface area contributed by atoms with E-state index >= 15 is 0 Å². The van der Waals surface area contributed by atoms with E-state index in [0.717, 1.165) is 11.8 Å². The van der Waals surface area contributed by atoms with Crippen LogP contribution in [0.2, 0.25) is 0 Å². The zero-order valence-electron chi connectivity index (χ0n) is 5.46. The van der Waals surface area contributed by atoms with Gasteiger partial charge in [-0.05, 0) is 30.3 Å². The van der Waals surface area contributed by atoms with Crippen molar-refractivity contribution in [2.75, 3.05) is 11.5 Å². The van der Waals surface area contributed by atoms with Gasteiger partial charge in [0, 0.05) is 5.92 Å². The van der Waals surface area contributed by atoms with Gasteiger partial charge in [-0.15, -0.1) is 0 Å². The zero-order valence-corrected chi connectivity index (χ0v) is 6.28. The summed E-state index contributed by atoms with van der Waals surface area (Å²) in [7, 11) is 0. The van der Waals surface area contributed by atoms with Gasteiger partial charge in [-0.2, -0.15) is 11.8 Å². The molecule has 0 amide bonds. The maximum Gasteiger partial charge on any atom is 0.133 e. The highest BCUT2D eigenvalue weighted by Crippen LogP contribution is 2.55. The number of hydrogen-bond acceptors (Lipinski definition) is 2. The second kappa shape index (κ2) is 1.75. The van der Waals surface area contributed by atoms with Crippen molar-refractivity contribution in [1.29, 1.82) is 0 Å². The van der Waals surface area contributed by atoms with E-state index in [4.69, 9.17) is 0 Å². The Hall–Kier alpha value is 0.0200. The average Bonchev–Trinajstić information content (AvgIpc) is 2.30. The van der Waals surface area contributed by atoms with Crippen molar-refractivity contribution in [1.82, 2.24) is 0 Å². The van der Waals surface area contributed by atoms with E-state index in [-0.39, 0.29) is 0 Å². The molecule has 2 heteroatoms. The first kappa shape index (κ1) is 5.78. The molecular weight excluding hydrogens is 132 g/mol. The van der Waals surface area contributed by atoms with Crippen LogP contribution in [-0.4, -0.2) is 17.3 Å². The lowest BCUT2D eigenvalue weighted by Gasteiger charge is -1.94. The molecule has 9 heavy (non-hydrogen) atoms. The second-order valence-corrected chi connectivity index (χ2v) is 4.08. The molecule has 0 radical (unpaired) electrons. The maximum atomic E-state index is 10.8. The molecule has 1 heterocycles. The maximum absolute atomic E-state index is 10.8. The lowest BCUT2D eigenvalue weighted by atomic mass is 10.2. The molecule has 0 bridgehead atoms. The summed E-state index contributed by atoms with van der Waals surface area (Å²) >= 11 is 2.00. The van der Waals surface area contributed by atoms with Gasteiger partial charge in [0.05, 0.1) is 0 Å². The van der Waals surface area contributed by atoms with Crippen LogP contribution in [0.25, 0.3) is 0 Å². The smallest absolute Gasteiger partial charge is 0.133 e. The van der Waals surface area contributed by atoms with Crippen LogP contribution >= 0.6 is 11.8 Å². The molecule has 2 atom stereocenters. The van der Waals surface area contributed by atoms with Crippen molar-refractivity contribution in [3.8, 4) is 0 Å². The Labute approximate surface area is 59.2 Å². The normalized spacial score (nSPS) is 46.6. The van der Waals surface area contributed by atoms with Gasteiger partial charge >= 0.3 is 0 Å². The molecule has 1 nitrogen and oxygen atoms in total. The largest absolute Gasteiger partial charge is 0.300 e. The van der Waals surface area contributed by atoms with Gasteiger partial charge in [-0.1, -0.05) is 0 Å². The predicted molar refractivity (Wildman–Crippen MR) is 38.5 cm³/mol. The monoisotopic (exact) mass is 142 g/mol. The number of Topliss-reactive ketones (excluding diaryl/α,β-unsaturated/α-hetero) is 1. The van der Waals surface area contributed by atoms with Crippen LogP contribution in [0.5, 0.6) is 0 Å². The molecular formula is C7H10OS. The summed E-state index contributed by atoms with van der Waals surface area (Å²) in [6.07, 6.45) is 0. The standard InChI is InChI=1S/C7H10OS/c1-4(8)7-5-2-9-3-6(5)7/h5-7H,2-3H2,1H3. The lowest BCUT2D eigenvalue weighted by molar-refractivity contribution is -0.118. The molecule has 1 saturated heterocycles. The third-order valence-corrected chi connectivity index (χ3v) is 3.66. The highest BCUT2D eigenvalue weighted by molar-refractivity contribution is 7.99. The van der Waals surface area contributed by atoms with E-state index in [2.05, 4.69) is 0 Å². The first-order chi connectivity index (χ1) is 4.30. The van der Waals surface area contributed by atoms with Crippen molar-refractivity contribution in [2.45, 2.75) is 6.92 Å². The predicted octanol–water partition coefficient (Wildman–Crippen LogP) is 1.18. The van der Waals surface area contributed by atoms with Gasteiger partial charge < -0.3 is 0 Å². The summed E-state index contributed by atoms with van der Waals surface area (Å²) in [6.45, 7) is 1.73. The van der Waals surface area contributed by atoms with E-state index < -0.39 is 0 Å². The van der Waals surface area contributed by atoms with Crippen molar-refractivity contribution >= 4 is 17.5 Å². The van der Waals surface area contributed by atoms with Crippen molar-refractivity contribution in [2.24, 2.45) is 17.8 Å². The van der Waals surface area contributed by atoms with Gasteiger partial charge in [0.2, 0.25) is 0 Å². The third-order valence-electron chi connectivity index (χ3n) is 2.42. The zero-order chi connectivity index (χ0) is 6.43. The highest BCUT2D eigenvalue weighted by Gasteiger charge is 2.55. The number of ketones is 1. The average molecular weight is 142 g/mol. The van der Waals surface area contributed by atoms with Gasteiger partial charge in [0.1, 0.15) is 5.78 Å². The van der Waals surface area contributed by atoms with Crippen LogP contribution in [0, 0.1) is 17.8 Å². The molecule has 1 saturated carbocycles. The topological polar surface area (TPSA) is 17.1 Å². The summed E-state index contributed by atoms with van der Waals surface area (Å²) in [6, 6.07) is 0. The molecule has 50 valence electrons. The minimum atomic E-state index is 0.422. The fourth-order valence-electron chi connectivity index (χ4n) is 1.84.